The maximum atomic E-state index is 12.9. The van der Waals surface area contributed by atoms with Crippen molar-refractivity contribution in [2.75, 3.05) is 17.2 Å². The summed E-state index contributed by atoms with van der Waals surface area (Å²) in [5.74, 6) is 0.907. The molecular weight excluding hydrogens is 281 g/mol. The fourth-order valence-corrected chi connectivity index (χ4v) is 1.84. The summed E-state index contributed by atoms with van der Waals surface area (Å²) < 4.78 is 38.6. The van der Waals surface area contributed by atoms with Gasteiger partial charge < -0.3 is 10.6 Å². The Morgan fingerprint density at radius 1 is 1.10 bits per heavy atom. The Labute approximate surface area is 120 Å². The molecule has 0 spiro atoms. The molecule has 1 heterocycles. The largest absolute Gasteiger partial charge is 0.416 e. The van der Waals surface area contributed by atoms with Gasteiger partial charge in [0.15, 0.2) is 0 Å². The lowest BCUT2D eigenvalue weighted by Gasteiger charge is -2.13. The second-order valence-electron chi connectivity index (χ2n) is 4.30. The molecule has 0 amide bonds. The summed E-state index contributed by atoms with van der Waals surface area (Å²) in [7, 11) is 0. The number of rotatable bonds is 5. The molecule has 0 radical (unpaired) electrons. The minimum Gasteiger partial charge on any atom is -0.366 e. The number of halogens is 3. The van der Waals surface area contributed by atoms with Crippen molar-refractivity contribution in [2.45, 2.75) is 19.6 Å². The van der Waals surface area contributed by atoms with Crippen LogP contribution in [0.25, 0.3) is 0 Å². The van der Waals surface area contributed by atoms with Gasteiger partial charge in [0.2, 0.25) is 5.95 Å². The lowest BCUT2D eigenvalue weighted by atomic mass is 10.1. The third kappa shape index (κ3) is 4.08. The van der Waals surface area contributed by atoms with Crippen LogP contribution >= 0.6 is 0 Å². The summed E-state index contributed by atoms with van der Waals surface area (Å²) in [6, 6.07) is 7.08. The van der Waals surface area contributed by atoms with Gasteiger partial charge in [-0.05, 0) is 24.6 Å². The summed E-state index contributed by atoms with van der Waals surface area (Å²) in [6.07, 6.45) is -2.82. The maximum absolute atomic E-state index is 12.9. The Balaban J connectivity index is 2.12. The van der Waals surface area contributed by atoms with E-state index in [2.05, 4.69) is 20.6 Å². The molecule has 0 saturated carbocycles. The number of alkyl halides is 3. The quantitative estimate of drug-likeness (QED) is 0.886. The molecule has 1 aromatic carbocycles. The van der Waals surface area contributed by atoms with E-state index in [1.807, 2.05) is 6.92 Å². The van der Waals surface area contributed by atoms with Crippen LogP contribution in [-0.2, 0) is 12.7 Å². The fourth-order valence-electron chi connectivity index (χ4n) is 1.84. The molecule has 0 fully saturated rings. The van der Waals surface area contributed by atoms with E-state index in [1.54, 1.807) is 18.3 Å². The minimum atomic E-state index is -4.36. The first-order valence-electron chi connectivity index (χ1n) is 6.46. The van der Waals surface area contributed by atoms with Crippen molar-refractivity contribution in [3.63, 3.8) is 0 Å². The molecule has 2 rings (SSSR count). The molecule has 4 nitrogen and oxygen atoms in total. The molecule has 7 heteroatoms. The maximum Gasteiger partial charge on any atom is 0.416 e. The number of nitrogens with zero attached hydrogens (tertiary/aromatic N) is 2. The normalized spacial score (nSPS) is 11.2. The standard InChI is InChI=1S/C14H15F3N4/c1-2-18-13-19-8-7-12(21-13)20-9-10-5-3-4-6-11(10)14(15,16)17/h3-8H,2,9H2,1H3,(H2,18,19,20,21). The molecule has 21 heavy (non-hydrogen) atoms. The molecule has 0 atom stereocenters. The van der Waals surface area contributed by atoms with Crippen LogP contribution in [-0.4, -0.2) is 16.5 Å². The molecule has 0 saturated heterocycles. The summed E-state index contributed by atoms with van der Waals surface area (Å²) in [5, 5.41) is 5.82. The Bertz CT molecular complexity index is 599. The van der Waals surface area contributed by atoms with Crippen LogP contribution in [0.15, 0.2) is 36.5 Å². The number of anilines is 2. The van der Waals surface area contributed by atoms with Gasteiger partial charge in [0.05, 0.1) is 5.56 Å². The highest BCUT2D eigenvalue weighted by atomic mass is 19.4. The van der Waals surface area contributed by atoms with Gasteiger partial charge in [-0.25, -0.2) is 4.98 Å². The molecule has 1 aromatic heterocycles. The Morgan fingerprint density at radius 2 is 1.86 bits per heavy atom. The first-order valence-corrected chi connectivity index (χ1v) is 6.46. The predicted octanol–water partition coefficient (Wildman–Crippen LogP) is 3.54. The summed E-state index contributed by atoms with van der Waals surface area (Å²) >= 11 is 0. The summed E-state index contributed by atoms with van der Waals surface area (Å²) in [4.78, 5) is 8.15. The van der Waals surface area contributed by atoms with E-state index in [9.17, 15) is 13.2 Å². The van der Waals surface area contributed by atoms with Crippen LogP contribution < -0.4 is 10.6 Å². The molecule has 0 unspecified atom stereocenters. The van der Waals surface area contributed by atoms with Crippen LogP contribution in [0.5, 0.6) is 0 Å². The lowest BCUT2D eigenvalue weighted by molar-refractivity contribution is -0.138. The lowest BCUT2D eigenvalue weighted by Crippen LogP contribution is -2.12. The van der Waals surface area contributed by atoms with E-state index < -0.39 is 11.7 Å². The van der Waals surface area contributed by atoms with E-state index in [4.69, 9.17) is 0 Å². The number of aromatic nitrogens is 2. The van der Waals surface area contributed by atoms with Gasteiger partial charge in [-0.15, -0.1) is 0 Å². The first-order chi connectivity index (χ1) is 10.0. The zero-order valence-electron chi connectivity index (χ0n) is 11.4. The highest BCUT2D eigenvalue weighted by Crippen LogP contribution is 2.32. The van der Waals surface area contributed by atoms with E-state index in [-0.39, 0.29) is 12.1 Å². The second-order valence-corrected chi connectivity index (χ2v) is 4.30. The number of hydrogen-bond acceptors (Lipinski definition) is 4. The molecule has 2 N–H and O–H groups in total. The molecule has 2 aromatic rings. The van der Waals surface area contributed by atoms with Crippen LogP contribution in [0.2, 0.25) is 0 Å². The van der Waals surface area contributed by atoms with Gasteiger partial charge >= 0.3 is 6.18 Å². The molecule has 112 valence electrons. The van der Waals surface area contributed by atoms with Crippen molar-refractivity contribution in [3.05, 3.63) is 47.7 Å². The topological polar surface area (TPSA) is 49.8 Å². The SMILES string of the molecule is CCNc1nccc(NCc2ccccc2C(F)(F)F)n1. The zero-order chi connectivity index (χ0) is 15.3. The molecule has 0 aliphatic rings. The molecule has 0 bridgehead atoms. The fraction of sp³-hybridized carbons (Fsp3) is 0.286. The van der Waals surface area contributed by atoms with E-state index in [0.29, 0.717) is 18.3 Å². The van der Waals surface area contributed by atoms with Gasteiger partial charge in [-0.2, -0.15) is 18.2 Å². The van der Waals surface area contributed by atoms with Crippen LogP contribution in [0, 0.1) is 0 Å². The number of nitrogens with one attached hydrogen (secondary N) is 2. The average Bonchev–Trinajstić information content (AvgIpc) is 2.45. The zero-order valence-corrected chi connectivity index (χ0v) is 11.4. The Hall–Kier alpha value is -2.31. The van der Waals surface area contributed by atoms with Crippen molar-refractivity contribution in [2.24, 2.45) is 0 Å². The van der Waals surface area contributed by atoms with Gasteiger partial charge in [0.25, 0.3) is 0 Å². The summed E-state index contributed by atoms with van der Waals surface area (Å²) in [5.41, 5.74) is -0.466. The van der Waals surface area contributed by atoms with Crippen LogP contribution in [0.4, 0.5) is 24.9 Å². The average molecular weight is 296 g/mol. The summed E-state index contributed by atoms with van der Waals surface area (Å²) in [6.45, 7) is 2.61. The van der Waals surface area contributed by atoms with E-state index in [1.165, 1.54) is 12.1 Å². The Morgan fingerprint density at radius 3 is 2.57 bits per heavy atom. The molecule has 0 aliphatic carbocycles. The minimum absolute atomic E-state index is 0.0399. The van der Waals surface area contributed by atoms with E-state index >= 15 is 0 Å². The van der Waals surface area contributed by atoms with Gasteiger partial charge in [0, 0.05) is 19.3 Å². The Kier molecular flexibility index (Phi) is 4.62. The number of benzene rings is 1. The predicted molar refractivity (Wildman–Crippen MR) is 75.0 cm³/mol. The van der Waals surface area contributed by atoms with Crippen molar-refractivity contribution >= 4 is 11.8 Å². The number of hydrogen-bond donors (Lipinski definition) is 2. The van der Waals surface area contributed by atoms with Crippen molar-refractivity contribution in [1.29, 1.82) is 0 Å². The van der Waals surface area contributed by atoms with Crippen LogP contribution in [0.3, 0.4) is 0 Å². The first kappa shape index (κ1) is 15.1. The van der Waals surface area contributed by atoms with Gasteiger partial charge in [-0.3, -0.25) is 0 Å². The molecular formula is C14H15F3N4. The molecule has 0 aliphatic heterocycles. The highest BCUT2D eigenvalue weighted by molar-refractivity contribution is 5.41. The van der Waals surface area contributed by atoms with Crippen molar-refractivity contribution in [1.82, 2.24) is 9.97 Å². The third-order valence-electron chi connectivity index (χ3n) is 2.77. The second kappa shape index (κ2) is 6.43. The smallest absolute Gasteiger partial charge is 0.366 e. The van der Waals surface area contributed by atoms with Crippen LogP contribution in [0.1, 0.15) is 18.1 Å². The monoisotopic (exact) mass is 296 g/mol. The van der Waals surface area contributed by atoms with E-state index in [0.717, 1.165) is 6.07 Å². The van der Waals surface area contributed by atoms with Crippen molar-refractivity contribution in [3.8, 4) is 0 Å². The third-order valence-corrected chi connectivity index (χ3v) is 2.77. The van der Waals surface area contributed by atoms with Gasteiger partial charge in [-0.1, -0.05) is 18.2 Å². The highest BCUT2D eigenvalue weighted by Gasteiger charge is 2.32. The van der Waals surface area contributed by atoms with Gasteiger partial charge in [0.1, 0.15) is 5.82 Å². The van der Waals surface area contributed by atoms with Crippen molar-refractivity contribution < 1.29 is 13.2 Å².